The molecular formula is C12H15N5O4. The minimum atomic E-state index is -1.14. The molecule has 112 valence electrons. The first-order valence-corrected chi connectivity index (χ1v) is 6.55. The molecule has 0 radical (unpaired) electrons. The van der Waals surface area contributed by atoms with Crippen LogP contribution in [0.25, 0.3) is 11.2 Å². The molecule has 2 heterocycles. The van der Waals surface area contributed by atoms with Gasteiger partial charge < -0.3 is 15.0 Å². The summed E-state index contributed by atoms with van der Waals surface area (Å²) in [7, 11) is 3.15. The summed E-state index contributed by atoms with van der Waals surface area (Å²) in [5, 5.41) is 11.4. The highest BCUT2D eigenvalue weighted by atomic mass is 16.4. The number of aryl methyl sites for hydroxylation is 2. The van der Waals surface area contributed by atoms with E-state index in [0.717, 1.165) is 12.8 Å². The van der Waals surface area contributed by atoms with Crippen LogP contribution in [0.15, 0.2) is 9.59 Å². The van der Waals surface area contributed by atoms with Crippen LogP contribution in [0.2, 0.25) is 0 Å². The Hall–Kier alpha value is -2.58. The van der Waals surface area contributed by atoms with E-state index in [-0.39, 0.29) is 17.1 Å². The Labute approximate surface area is 118 Å². The molecule has 1 amide bonds. The van der Waals surface area contributed by atoms with Crippen molar-refractivity contribution in [2.24, 2.45) is 20.0 Å². The summed E-state index contributed by atoms with van der Waals surface area (Å²) in [6, 6.07) is -0.477. The monoisotopic (exact) mass is 293 g/mol. The number of carboxylic acid groups (broad SMARTS) is 1. The van der Waals surface area contributed by atoms with Gasteiger partial charge in [0.25, 0.3) is 5.56 Å². The van der Waals surface area contributed by atoms with Gasteiger partial charge >= 0.3 is 11.8 Å². The molecule has 3 rings (SSSR count). The van der Waals surface area contributed by atoms with Gasteiger partial charge in [0.2, 0.25) is 0 Å². The van der Waals surface area contributed by atoms with Gasteiger partial charge in [-0.3, -0.25) is 14.3 Å². The second-order valence-electron chi connectivity index (χ2n) is 5.28. The summed E-state index contributed by atoms with van der Waals surface area (Å²) >= 11 is 0. The van der Waals surface area contributed by atoms with E-state index in [0.29, 0.717) is 5.82 Å². The summed E-state index contributed by atoms with van der Waals surface area (Å²) in [5.74, 6) is 0.620. The van der Waals surface area contributed by atoms with E-state index in [2.05, 4.69) is 15.3 Å². The van der Waals surface area contributed by atoms with Gasteiger partial charge in [0.05, 0.1) is 6.04 Å². The number of fused-ring (bicyclic) bond motifs is 1. The van der Waals surface area contributed by atoms with E-state index in [1.165, 1.54) is 11.6 Å². The SMILES string of the molecule is Cn1c(C(NC(=O)O)C2CC2)nc2c1c(=O)[nH]c(=O)n2C. The second-order valence-corrected chi connectivity index (χ2v) is 5.28. The maximum Gasteiger partial charge on any atom is 0.405 e. The zero-order chi connectivity index (χ0) is 15.3. The molecule has 1 atom stereocenters. The molecule has 1 aliphatic rings. The minimum Gasteiger partial charge on any atom is -0.465 e. The number of rotatable bonds is 3. The van der Waals surface area contributed by atoms with E-state index in [1.807, 2.05) is 0 Å². The number of hydrogen-bond acceptors (Lipinski definition) is 4. The minimum absolute atomic E-state index is 0.174. The van der Waals surface area contributed by atoms with E-state index in [4.69, 9.17) is 5.11 Å². The van der Waals surface area contributed by atoms with Crippen molar-refractivity contribution in [2.75, 3.05) is 0 Å². The largest absolute Gasteiger partial charge is 0.465 e. The average molecular weight is 293 g/mol. The van der Waals surface area contributed by atoms with Crippen LogP contribution in [0.3, 0.4) is 0 Å². The Bertz CT molecular complexity index is 842. The summed E-state index contributed by atoms with van der Waals surface area (Å²) in [6.45, 7) is 0. The lowest BCUT2D eigenvalue weighted by atomic mass is 10.2. The summed E-state index contributed by atoms with van der Waals surface area (Å²) in [5.41, 5.74) is -0.574. The van der Waals surface area contributed by atoms with Gasteiger partial charge in [-0.15, -0.1) is 0 Å². The van der Waals surface area contributed by atoms with E-state index in [9.17, 15) is 14.4 Å². The summed E-state index contributed by atoms with van der Waals surface area (Å²) in [4.78, 5) is 41.1. The van der Waals surface area contributed by atoms with Gasteiger partial charge in [-0.25, -0.2) is 14.6 Å². The first kappa shape index (κ1) is 13.4. The maximum atomic E-state index is 11.9. The normalized spacial score (nSPS) is 16.1. The first-order chi connectivity index (χ1) is 9.90. The maximum absolute atomic E-state index is 11.9. The van der Waals surface area contributed by atoms with Crippen molar-refractivity contribution in [2.45, 2.75) is 18.9 Å². The number of aromatic nitrogens is 4. The zero-order valence-electron chi connectivity index (χ0n) is 11.6. The fourth-order valence-corrected chi connectivity index (χ4v) is 2.56. The third-order valence-electron chi connectivity index (χ3n) is 3.82. The Morgan fingerprint density at radius 2 is 2.05 bits per heavy atom. The van der Waals surface area contributed by atoms with Crippen LogP contribution < -0.4 is 16.6 Å². The quantitative estimate of drug-likeness (QED) is 0.716. The Balaban J connectivity index is 2.23. The van der Waals surface area contributed by atoms with Crippen molar-refractivity contribution in [3.63, 3.8) is 0 Å². The standard InChI is InChI=1S/C12H15N5O4/c1-16-7-9(17(2)11(19)15-10(7)18)14-8(16)6(5-3-4-5)13-12(20)21/h5-6,13H,3-4H2,1-2H3,(H,20,21)(H,15,18,19). The van der Waals surface area contributed by atoms with Crippen LogP contribution in [0.1, 0.15) is 24.7 Å². The molecule has 9 nitrogen and oxygen atoms in total. The second kappa shape index (κ2) is 4.47. The van der Waals surface area contributed by atoms with Gasteiger partial charge in [-0.2, -0.15) is 0 Å². The van der Waals surface area contributed by atoms with Crippen molar-refractivity contribution < 1.29 is 9.90 Å². The molecule has 0 saturated heterocycles. The van der Waals surface area contributed by atoms with Crippen molar-refractivity contribution in [3.8, 4) is 0 Å². The van der Waals surface area contributed by atoms with Crippen LogP contribution >= 0.6 is 0 Å². The Morgan fingerprint density at radius 3 is 2.62 bits per heavy atom. The van der Waals surface area contributed by atoms with Crippen LogP contribution in [-0.4, -0.2) is 30.3 Å². The number of nitrogens with zero attached hydrogens (tertiary/aromatic N) is 3. The van der Waals surface area contributed by atoms with Crippen LogP contribution in [0.4, 0.5) is 4.79 Å². The predicted molar refractivity (Wildman–Crippen MR) is 73.2 cm³/mol. The molecule has 9 heteroatoms. The van der Waals surface area contributed by atoms with E-state index >= 15 is 0 Å². The lowest BCUT2D eigenvalue weighted by Gasteiger charge is -2.15. The molecule has 1 saturated carbocycles. The molecule has 2 aromatic rings. The molecule has 0 aliphatic heterocycles. The molecule has 3 N–H and O–H groups in total. The van der Waals surface area contributed by atoms with Gasteiger partial charge in [-0.05, 0) is 18.8 Å². The van der Waals surface area contributed by atoms with Crippen LogP contribution in [0.5, 0.6) is 0 Å². The van der Waals surface area contributed by atoms with Crippen LogP contribution in [-0.2, 0) is 14.1 Å². The molecule has 0 aromatic carbocycles. The Morgan fingerprint density at radius 1 is 1.38 bits per heavy atom. The van der Waals surface area contributed by atoms with Crippen molar-refractivity contribution in [3.05, 3.63) is 26.7 Å². The topological polar surface area (TPSA) is 122 Å². The van der Waals surface area contributed by atoms with Crippen LogP contribution in [0, 0.1) is 5.92 Å². The van der Waals surface area contributed by atoms with Gasteiger partial charge in [-0.1, -0.05) is 0 Å². The summed E-state index contributed by atoms with van der Waals surface area (Å²) in [6.07, 6.45) is 0.675. The summed E-state index contributed by atoms with van der Waals surface area (Å²) < 4.78 is 2.79. The zero-order valence-corrected chi connectivity index (χ0v) is 11.6. The third-order valence-corrected chi connectivity index (χ3v) is 3.82. The molecule has 2 aromatic heterocycles. The van der Waals surface area contributed by atoms with E-state index in [1.54, 1.807) is 11.6 Å². The van der Waals surface area contributed by atoms with Gasteiger partial charge in [0.15, 0.2) is 11.2 Å². The molecule has 1 unspecified atom stereocenters. The van der Waals surface area contributed by atoms with Crippen molar-refractivity contribution in [1.82, 2.24) is 24.4 Å². The molecule has 1 aliphatic carbocycles. The molecule has 21 heavy (non-hydrogen) atoms. The number of aromatic amines is 1. The number of nitrogens with one attached hydrogen (secondary N) is 2. The molecule has 0 spiro atoms. The molecular weight excluding hydrogens is 278 g/mol. The van der Waals surface area contributed by atoms with Crippen molar-refractivity contribution >= 4 is 17.3 Å². The number of hydrogen-bond donors (Lipinski definition) is 3. The fraction of sp³-hybridized carbons (Fsp3) is 0.500. The number of imidazole rings is 1. The number of carbonyl (C=O) groups is 1. The highest BCUT2D eigenvalue weighted by molar-refractivity contribution is 5.71. The first-order valence-electron chi connectivity index (χ1n) is 6.55. The third kappa shape index (κ3) is 2.10. The average Bonchev–Trinajstić information content (AvgIpc) is 3.17. The molecule has 0 bridgehead atoms. The lowest BCUT2D eigenvalue weighted by molar-refractivity contribution is 0.187. The highest BCUT2D eigenvalue weighted by Gasteiger charge is 2.37. The smallest absolute Gasteiger partial charge is 0.405 e. The highest BCUT2D eigenvalue weighted by Crippen LogP contribution is 2.40. The Kier molecular flexibility index (Phi) is 2.85. The predicted octanol–water partition coefficient (Wildman–Crippen LogP) is -0.321. The van der Waals surface area contributed by atoms with Crippen molar-refractivity contribution in [1.29, 1.82) is 0 Å². The molecule has 1 fully saturated rings. The fourth-order valence-electron chi connectivity index (χ4n) is 2.56. The number of H-pyrrole nitrogens is 1. The lowest BCUT2D eigenvalue weighted by Crippen LogP contribution is -2.30. The number of amides is 1. The van der Waals surface area contributed by atoms with Gasteiger partial charge in [0, 0.05) is 14.1 Å². The van der Waals surface area contributed by atoms with Gasteiger partial charge in [0.1, 0.15) is 5.82 Å². The van der Waals surface area contributed by atoms with E-state index < -0.39 is 23.4 Å².